The van der Waals surface area contributed by atoms with Crippen LogP contribution < -0.4 is 0 Å². The van der Waals surface area contributed by atoms with Gasteiger partial charge < -0.3 is 19.6 Å². The van der Waals surface area contributed by atoms with Crippen LogP contribution in [0.2, 0.25) is 0 Å². The van der Waals surface area contributed by atoms with E-state index in [0.717, 1.165) is 10.9 Å². The predicted octanol–water partition coefficient (Wildman–Crippen LogP) is 0.337. The first-order valence-corrected chi connectivity index (χ1v) is 8.26. The molecule has 0 saturated carbocycles. The number of hydrogen-bond acceptors (Lipinski definition) is 5. The van der Waals surface area contributed by atoms with Crippen LogP contribution in [0, 0.1) is 0 Å². The average Bonchev–Trinajstić information content (AvgIpc) is 3.09. The Balaban J connectivity index is 1.71. The number of morpholine rings is 1. The van der Waals surface area contributed by atoms with Gasteiger partial charge >= 0.3 is 5.97 Å². The minimum absolute atomic E-state index is 0.126. The van der Waals surface area contributed by atoms with Crippen molar-refractivity contribution in [2.75, 3.05) is 32.8 Å². The summed E-state index contributed by atoms with van der Waals surface area (Å²) in [6.45, 7) is 2.10. The molecule has 2 N–H and O–H groups in total. The van der Waals surface area contributed by atoms with Gasteiger partial charge in [0.1, 0.15) is 6.54 Å². The smallest absolute Gasteiger partial charge is 0.323 e. The van der Waals surface area contributed by atoms with Crippen molar-refractivity contribution in [3.05, 3.63) is 30.0 Å². The van der Waals surface area contributed by atoms with Crippen molar-refractivity contribution in [3.63, 3.8) is 0 Å². The molecule has 138 valence electrons. The topological polar surface area (TPSA) is 116 Å². The maximum absolute atomic E-state index is 12.9. The Labute approximate surface area is 149 Å². The Kier molecular flexibility index (Phi) is 5.17. The molecule has 0 aliphatic carbocycles. The van der Waals surface area contributed by atoms with E-state index < -0.39 is 18.6 Å². The molecule has 9 heteroatoms. The van der Waals surface area contributed by atoms with E-state index in [9.17, 15) is 14.4 Å². The summed E-state index contributed by atoms with van der Waals surface area (Å²) >= 11 is 0. The molecule has 1 saturated heterocycles. The summed E-state index contributed by atoms with van der Waals surface area (Å²) in [6, 6.07) is 5.38. The van der Waals surface area contributed by atoms with E-state index in [-0.39, 0.29) is 24.9 Å². The van der Waals surface area contributed by atoms with Gasteiger partial charge in [0.2, 0.25) is 5.91 Å². The lowest BCUT2D eigenvalue weighted by molar-refractivity contribution is -0.145. The summed E-state index contributed by atoms with van der Waals surface area (Å²) in [5, 5.41) is 16.5. The lowest BCUT2D eigenvalue weighted by Gasteiger charge is -2.35. The highest BCUT2D eigenvalue weighted by atomic mass is 16.5. The van der Waals surface area contributed by atoms with Crippen LogP contribution in [0.4, 0.5) is 0 Å². The number of carboxylic acid groups (broad SMARTS) is 1. The third-order valence-corrected chi connectivity index (χ3v) is 4.34. The molecule has 1 aliphatic rings. The fourth-order valence-electron chi connectivity index (χ4n) is 3.05. The average molecular weight is 360 g/mol. The molecule has 0 radical (unpaired) electrons. The van der Waals surface area contributed by atoms with Gasteiger partial charge in [-0.05, 0) is 12.1 Å². The normalized spacial score (nSPS) is 17.3. The SMILES string of the molecule is CC(=O)N(CC(=O)O)CC1CN(C(=O)c2cccc3[nH]ncc23)CCO1. The van der Waals surface area contributed by atoms with Crippen LogP contribution in [0.3, 0.4) is 0 Å². The molecular formula is C17H20N4O5. The second-order valence-corrected chi connectivity index (χ2v) is 6.17. The van der Waals surface area contributed by atoms with Crippen LogP contribution in [0.5, 0.6) is 0 Å². The molecule has 1 atom stereocenters. The Bertz CT molecular complexity index is 833. The van der Waals surface area contributed by atoms with Crippen LogP contribution in [-0.4, -0.2) is 81.8 Å². The van der Waals surface area contributed by atoms with Gasteiger partial charge in [-0.15, -0.1) is 0 Å². The zero-order valence-corrected chi connectivity index (χ0v) is 14.3. The minimum atomic E-state index is -1.09. The quantitative estimate of drug-likeness (QED) is 0.794. The second-order valence-electron chi connectivity index (χ2n) is 6.17. The van der Waals surface area contributed by atoms with E-state index in [1.165, 1.54) is 11.8 Å². The van der Waals surface area contributed by atoms with Crippen LogP contribution in [0.1, 0.15) is 17.3 Å². The van der Waals surface area contributed by atoms with E-state index in [1.54, 1.807) is 23.2 Å². The highest BCUT2D eigenvalue weighted by molar-refractivity contribution is 6.06. The Morgan fingerprint density at radius 1 is 1.42 bits per heavy atom. The first-order chi connectivity index (χ1) is 12.5. The summed E-state index contributed by atoms with van der Waals surface area (Å²) in [5.74, 6) is -1.57. The maximum atomic E-state index is 12.9. The predicted molar refractivity (Wildman–Crippen MR) is 91.6 cm³/mol. The minimum Gasteiger partial charge on any atom is -0.480 e. The Hall–Kier alpha value is -2.94. The Morgan fingerprint density at radius 2 is 2.23 bits per heavy atom. The van der Waals surface area contributed by atoms with E-state index in [2.05, 4.69) is 10.2 Å². The number of nitrogens with one attached hydrogen (secondary N) is 1. The number of fused-ring (bicyclic) bond motifs is 1. The molecule has 1 unspecified atom stereocenters. The highest BCUT2D eigenvalue weighted by Gasteiger charge is 2.28. The number of rotatable bonds is 5. The first-order valence-electron chi connectivity index (χ1n) is 8.26. The van der Waals surface area contributed by atoms with Crippen molar-refractivity contribution >= 4 is 28.7 Å². The zero-order chi connectivity index (χ0) is 18.7. The monoisotopic (exact) mass is 360 g/mol. The molecule has 1 aliphatic heterocycles. The van der Waals surface area contributed by atoms with Crippen LogP contribution in [-0.2, 0) is 14.3 Å². The summed E-state index contributed by atoms with van der Waals surface area (Å²) in [4.78, 5) is 38.3. The molecule has 1 aromatic heterocycles. The molecule has 2 amide bonds. The van der Waals surface area contributed by atoms with E-state index in [0.29, 0.717) is 18.7 Å². The molecule has 26 heavy (non-hydrogen) atoms. The largest absolute Gasteiger partial charge is 0.480 e. The van der Waals surface area contributed by atoms with Crippen molar-refractivity contribution in [2.24, 2.45) is 0 Å². The Morgan fingerprint density at radius 3 is 2.96 bits per heavy atom. The van der Waals surface area contributed by atoms with Gasteiger partial charge in [0, 0.05) is 31.9 Å². The van der Waals surface area contributed by atoms with Gasteiger partial charge in [-0.25, -0.2) is 0 Å². The number of nitrogens with zero attached hydrogens (tertiary/aromatic N) is 3. The van der Waals surface area contributed by atoms with E-state index in [4.69, 9.17) is 9.84 Å². The number of ether oxygens (including phenoxy) is 1. The molecule has 1 fully saturated rings. The van der Waals surface area contributed by atoms with Gasteiger partial charge in [-0.1, -0.05) is 6.07 Å². The molecule has 3 rings (SSSR count). The van der Waals surface area contributed by atoms with Crippen molar-refractivity contribution in [2.45, 2.75) is 13.0 Å². The molecule has 2 aromatic rings. The van der Waals surface area contributed by atoms with Crippen LogP contribution in [0.25, 0.3) is 10.9 Å². The van der Waals surface area contributed by atoms with Gasteiger partial charge in [0.15, 0.2) is 0 Å². The fraction of sp³-hybridized carbons (Fsp3) is 0.412. The second kappa shape index (κ2) is 7.52. The van der Waals surface area contributed by atoms with Crippen molar-refractivity contribution in [1.29, 1.82) is 0 Å². The number of carbonyl (C=O) groups excluding carboxylic acids is 2. The fourth-order valence-corrected chi connectivity index (χ4v) is 3.05. The molecule has 0 bridgehead atoms. The number of benzene rings is 1. The molecular weight excluding hydrogens is 340 g/mol. The van der Waals surface area contributed by atoms with Crippen LogP contribution in [0.15, 0.2) is 24.4 Å². The van der Waals surface area contributed by atoms with E-state index >= 15 is 0 Å². The van der Waals surface area contributed by atoms with Crippen molar-refractivity contribution in [1.82, 2.24) is 20.0 Å². The number of carboxylic acids is 1. The van der Waals surface area contributed by atoms with Crippen molar-refractivity contribution in [3.8, 4) is 0 Å². The number of aromatic amines is 1. The third kappa shape index (κ3) is 3.83. The summed E-state index contributed by atoms with van der Waals surface area (Å²) in [5.41, 5.74) is 1.33. The molecule has 0 spiro atoms. The lowest BCUT2D eigenvalue weighted by Crippen LogP contribution is -2.51. The lowest BCUT2D eigenvalue weighted by atomic mass is 10.1. The van der Waals surface area contributed by atoms with Gasteiger partial charge in [-0.3, -0.25) is 19.5 Å². The standard InChI is InChI=1S/C17H20N4O5/c1-11(22)21(10-16(23)24)9-12-8-20(5-6-26-12)17(25)13-3-2-4-15-14(13)7-18-19-15/h2-4,7,12H,5-6,8-10H2,1H3,(H,18,19)(H,23,24). The molecule has 9 nitrogen and oxygen atoms in total. The maximum Gasteiger partial charge on any atom is 0.323 e. The summed E-state index contributed by atoms with van der Waals surface area (Å²) < 4.78 is 5.63. The van der Waals surface area contributed by atoms with Gasteiger partial charge in [0.25, 0.3) is 5.91 Å². The number of hydrogen-bond donors (Lipinski definition) is 2. The van der Waals surface area contributed by atoms with Crippen LogP contribution >= 0.6 is 0 Å². The van der Waals surface area contributed by atoms with E-state index in [1.807, 2.05) is 6.07 Å². The number of H-pyrrole nitrogens is 1. The van der Waals surface area contributed by atoms with Crippen molar-refractivity contribution < 1.29 is 24.2 Å². The summed E-state index contributed by atoms with van der Waals surface area (Å²) in [7, 11) is 0. The zero-order valence-electron chi connectivity index (χ0n) is 14.3. The third-order valence-electron chi connectivity index (χ3n) is 4.34. The number of carbonyl (C=O) groups is 3. The number of amides is 2. The summed E-state index contributed by atoms with van der Waals surface area (Å²) in [6.07, 6.45) is 1.18. The highest BCUT2D eigenvalue weighted by Crippen LogP contribution is 2.19. The van der Waals surface area contributed by atoms with Gasteiger partial charge in [-0.2, -0.15) is 5.10 Å². The number of aliphatic carboxylic acids is 1. The first kappa shape index (κ1) is 17.9. The molecule has 1 aromatic carbocycles. The van der Waals surface area contributed by atoms with Gasteiger partial charge in [0.05, 0.1) is 30.0 Å². The number of aromatic nitrogens is 2. The molecule has 2 heterocycles.